The molecule has 1 heterocycles. The molecule has 0 saturated carbocycles. The second-order valence-electron chi connectivity index (χ2n) is 0.843. The summed E-state index contributed by atoms with van der Waals surface area (Å²) in [5.41, 5.74) is 0. The van der Waals surface area contributed by atoms with E-state index in [0.717, 1.165) is 0 Å². The third-order valence-corrected chi connectivity index (χ3v) is 1.21. The van der Waals surface area contributed by atoms with Gasteiger partial charge in [-0.1, -0.05) is 0 Å². The summed E-state index contributed by atoms with van der Waals surface area (Å²) in [5, 5.41) is 8.17. The minimum atomic E-state index is -1.92. The van der Waals surface area contributed by atoms with E-state index in [0.29, 0.717) is 0 Å². The van der Waals surface area contributed by atoms with Gasteiger partial charge in [-0.05, 0) is 0 Å². The molecule has 0 bridgehead atoms. The van der Waals surface area contributed by atoms with E-state index in [1.54, 1.807) is 0 Å². The predicted octanol–water partition coefficient (Wildman–Crippen LogP) is -1.13. The summed E-state index contributed by atoms with van der Waals surface area (Å²) in [7, 11) is 0. The summed E-state index contributed by atoms with van der Waals surface area (Å²) >= 11 is -1.92. The quantitative estimate of drug-likeness (QED) is 0.297. The molecule has 0 amide bonds. The van der Waals surface area contributed by atoms with Gasteiger partial charge < -0.3 is 0 Å². The van der Waals surface area contributed by atoms with Crippen molar-refractivity contribution in [3.63, 3.8) is 0 Å². The average molecular weight is 156 g/mol. The van der Waals surface area contributed by atoms with Crippen LogP contribution in [-0.2, 0) is 9.78 Å². The fourth-order valence-electron chi connectivity index (χ4n) is 0.0710. The van der Waals surface area contributed by atoms with Crippen molar-refractivity contribution in [3.05, 3.63) is 0 Å². The van der Waals surface area contributed by atoms with E-state index in [1.165, 1.54) is 0 Å². The number of hydrogen-bond donors (Lipinski definition) is 1. The molecule has 0 radical (unpaired) electrons. The molecule has 1 aliphatic rings. The third kappa shape index (κ3) is 0.708. The molecule has 1 rings (SSSR count). The molecular formula is CH2AsFO3. The number of hydrogen-bond acceptors (Lipinski definition) is 3. The molecule has 3 nitrogen and oxygen atoms in total. The normalized spacial score (nSPS) is 29.0. The zero-order chi connectivity index (χ0) is 4.62. The molecule has 1 atom stereocenters. The van der Waals surface area contributed by atoms with Crippen molar-refractivity contribution >= 4 is 16.2 Å². The van der Waals surface area contributed by atoms with Crippen molar-refractivity contribution in [2.75, 3.05) is 0 Å². The van der Waals surface area contributed by atoms with Crippen LogP contribution in [0.15, 0.2) is 0 Å². The van der Waals surface area contributed by atoms with Crippen LogP contribution >= 0.6 is 0 Å². The van der Waals surface area contributed by atoms with Gasteiger partial charge >= 0.3 is 39.3 Å². The first-order chi connectivity index (χ1) is 2.77. The molecule has 0 spiro atoms. The van der Waals surface area contributed by atoms with Gasteiger partial charge in [-0.15, -0.1) is 0 Å². The van der Waals surface area contributed by atoms with E-state index < -0.39 is 21.0 Å². The Labute approximate surface area is 40.2 Å². The van der Waals surface area contributed by atoms with Gasteiger partial charge in [0.1, 0.15) is 0 Å². The van der Waals surface area contributed by atoms with Gasteiger partial charge in [-0.25, -0.2) is 0 Å². The molecule has 0 aromatic rings. The molecular weight excluding hydrogens is 154 g/mol. The van der Waals surface area contributed by atoms with Crippen molar-refractivity contribution in [2.45, 2.75) is 4.76 Å². The number of rotatable bonds is 1. The Bertz CT molecular complexity index is 61.8. The number of halogens is 1. The molecule has 36 valence electrons. The van der Waals surface area contributed by atoms with Crippen LogP contribution in [0, 0.1) is 0 Å². The van der Waals surface area contributed by atoms with Crippen LogP contribution in [0.4, 0.5) is 3.47 Å². The Kier molecular flexibility index (Phi) is 0.880. The second kappa shape index (κ2) is 1.17. The predicted molar refractivity (Wildman–Crippen MR) is 15.4 cm³/mol. The third-order valence-electron chi connectivity index (χ3n) is 0.361. The van der Waals surface area contributed by atoms with Crippen molar-refractivity contribution in [2.24, 2.45) is 0 Å². The SMILES string of the molecule is OC1([AsH]F)OO1. The van der Waals surface area contributed by atoms with Gasteiger partial charge in [0, 0.05) is 0 Å². The van der Waals surface area contributed by atoms with E-state index >= 15 is 0 Å². The molecule has 5 heteroatoms. The molecule has 0 aromatic heterocycles. The van der Waals surface area contributed by atoms with Crippen LogP contribution < -0.4 is 0 Å². The van der Waals surface area contributed by atoms with Gasteiger partial charge in [-0.2, -0.15) is 0 Å². The summed E-state index contributed by atoms with van der Waals surface area (Å²) in [4.78, 5) is 7.56. The zero-order valence-electron chi connectivity index (χ0n) is 2.64. The van der Waals surface area contributed by atoms with E-state index in [4.69, 9.17) is 5.11 Å². The van der Waals surface area contributed by atoms with Crippen molar-refractivity contribution < 1.29 is 18.3 Å². The van der Waals surface area contributed by atoms with E-state index in [1.807, 2.05) is 0 Å². The first kappa shape index (κ1) is 4.53. The molecule has 6 heavy (non-hydrogen) atoms. The van der Waals surface area contributed by atoms with E-state index in [9.17, 15) is 3.47 Å². The van der Waals surface area contributed by atoms with Crippen LogP contribution in [0.5, 0.6) is 0 Å². The molecule has 1 fully saturated rings. The van der Waals surface area contributed by atoms with Gasteiger partial charge in [0.25, 0.3) is 0 Å². The first-order valence-corrected chi connectivity index (χ1v) is 3.08. The summed E-state index contributed by atoms with van der Waals surface area (Å²) in [5.74, 6) is 0. The summed E-state index contributed by atoms with van der Waals surface area (Å²) < 4.78 is 9.44. The van der Waals surface area contributed by atoms with Crippen LogP contribution in [0.3, 0.4) is 0 Å². The van der Waals surface area contributed by atoms with Crippen LogP contribution in [-0.4, -0.2) is 26.1 Å². The summed E-state index contributed by atoms with van der Waals surface area (Å²) in [6, 6.07) is 0. The molecule has 1 saturated heterocycles. The standard InChI is InChI=1S/CH2AsFO3/c3-2-1(4)5-6-1/h2,4H. The Morgan fingerprint density at radius 2 is 2.17 bits per heavy atom. The van der Waals surface area contributed by atoms with Gasteiger partial charge in [0.05, 0.1) is 0 Å². The van der Waals surface area contributed by atoms with E-state index in [-0.39, 0.29) is 0 Å². The Balaban J connectivity index is 2.28. The minimum absolute atomic E-state index is 1.75. The van der Waals surface area contributed by atoms with Gasteiger partial charge in [-0.3, -0.25) is 0 Å². The second-order valence-corrected chi connectivity index (χ2v) is 2.57. The maximum atomic E-state index is 11.2. The molecule has 1 unspecified atom stereocenters. The topological polar surface area (TPSA) is 45.3 Å². The Morgan fingerprint density at radius 1 is 1.67 bits per heavy atom. The average Bonchev–Trinajstić information content (AvgIpc) is 2.22. The fourth-order valence-corrected chi connectivity index (χ4v) is 0.291. The summed E-state index contributed by atoms with van der Waals surface area (Å²) in [6.45, 7) is 0. The Morgan fingerprint density at radius 3 is 2.17 bits per heavy atom. The van der Waals surface area contributed by atoms with Crippen molar-refractivity contribution in [1.82, 2.24) is 0 Å². The van der Waals surface area contributed by atoms with Crippen LogP contribution in [0.1, 0.15) is 0 Å². The van der Waals surface area contributed by atoms with Gasteiger partial charge in [0.15, 0.2) is 0 Å². The zero-order valence-corrected chi connectivity index (χ0v) is 4.74. The van der Waals surface area contributed by atoms with Crippen LogP contribution in [0.25, 0.3) is 0 Å². The van der Waals surface area contributed by atoms with Gasteiger partial charge in [0.2, 0.25) is 0 Å². The number of aliphatic hydroxyl groups is 1. The summed E-state index contributed by atoms with van der Waals surface area (Å²) in [6.07, 6.45) is 0. The fraction of sp³-hybridized carbons (Fsp3) is 1.00. The molecule has 0 aliphatic carbocycles. The first-order valence-electron chi connectivity index (χ1n) is 1.24. The Hall–Kier alpha value is 0.368. The van der Waals surface area contributed by atoms with Crippen molar-refractivity contribution in [3.8, 4) is 0 Å². The monoisotopic (exact) mass is 156 g/mol. The van der Waals surface area contributed by atoms with Crippen LogP contribution in [0.2, 0.25) is 0 Å². The molecule has 0 aromatic carbocycles. The van der Waals surface area contributed by atoms with E-state index in [2.05, 4.69) is 9.78 Å². The maximum absolute atomic E-state index is 11.2. The van der Waals surface area contributed by atoms with Crippen molar-refractivity contribution in [1.29, 1.82) is 0 Å². The molecule has 1 N–H and O–H groups in total. The molecule has 1 aliphatic heterocycles.